The Morgan fingerprint density at radius 3 is 2.27 bits per heavy atom. The van der Waals surface area contributed by atoms with Crippen LogP contribution in [0.15, 0.2) is 6.07 Å². The summed E-state index contributed by atoms with van der Waals surface area (Å²) in [7, 11) is 1.49. The molecule has 0 aliphatic rings. The molecule has 0 amide bonds. The van der Waals surface area contributed by atoms with Crippen LogP contribution in [0.1, 0.15) is 25.2 Å². The van der Waals surface area contributed by atoms with Gasteiger partial charge in [-0.15, -0.1) is 0 Å². The summed E-state index contributed by atoms with van der Waals surface area (Å²) in [5.74, 6) is 0. The van der Waals surface area contributed by atoms with Crippen LogP contribution in [0.25, 0.3) is 0 Å². The fraction of sp³-hybridized carbons (Fsp3) is 0.667. The van der Waals surface area contributed by atoms with Crippen LogP contribution in [0.4, 0.5) is 13.2 Å². The van der Waals surface area contributed by atoms with Crippen LogP contribution in [0.3, 0.4) is 0 Å². The summed E-state index contributed by atoms with van der Waals surface area (Å²) in [6.45, 7) is 3.83. The highest BCUT2D eigenvalue weighted by Gasteiger charge is 2.36. The van der Waals surface area contributed by atoms with Crippen molar-refractivity contribution < 1.29 is 13.2 Å². The van der Waals surface area contributed by atoms with Crippen molar-refractivity contribution in [1.29, 1.82) is 0 Å². The van der Waals surface area contributed by atoms with Crippen molar-refractivity contribution >= 4 is 0 Å². The summed E-state index contributed by atoms with van der Waals surface area (Å²) in [5, 5.41) is 3.43. The first-order valence-electron chi connectivity index (χ1n) is 4.50. The Bertz CT molecular complexity index is 352. The third kappa shape index (κ3) is 2.31. The Kier molecular flexibility index (Phi) is 2.82. The van der Waals surface area contributed by atoms with Crippen molar-refractivity contribution in [1.82, 2.24) is 9.78 Å². The van der Waals surface area contributed by atoms with Crippen LogP contribution in [0.5, 0.6) is 0 Å². The molecule has 1 aromatic heterocycles. The van der Waals surface area contributed by atoms with Gasteiger partial charge in [-0.25, -0.2) is 0 Å². The second-order valence-electron chi connectivity index (χ2n) is 4.12. The maximum Gasteiger partial charge on any atom is 0.435 e. The zero-order valence-corrected chi connectivity index (χ0v) is 8.89. The third-order valence-electron chi connectivity index (χ3n) is 2.37. The van der Waals surface area contributed by atoms with Gasteiger partial charge in [0.05, 0.1) is 0 Å². The van der Waals surface area contributed by atoms with Gasteiger partial charge in [-0.2, -0.15) is 18.3 Å². The first-order valence-corrected chi connectivity index (χ1v) is 4.50. The Balaban J connectivity index is 3.18. The van der Waals surface area contributed by atoms with Crippen LogP contribution >= 0.6 is 0 Å². The number of nitrogens with two attached hydrogens (primary N) is 1. The number of nitrogens with zero attached hydrogens (tertiary/aromatic N) is 2. The van der Waals surface area contributed by atoms with Crippen molar-refractivity contribution in [2.24, 2.45) is 12.8 Å². The second-order valence-corrected chi connectivity index (χ2v) is 4.12. The Labute approximate surface area is 86.1 Å². The standard InChI is InChI=1S/C9H14F3N3/c1-8(2,5-13)7-4-6(9(10,11)12)14-15(7)3/h4H,5,13H2,1-3H3. The van der Waals surface area contributed by atoms with Crippen molar-refractivity contribution in [3.8, 4) is 0 Å². The van der Waals surface area contributed by atoms with E-state index in [1.807, 2.05) is 0 Å². The highest BCUT2D eigenvalue weighted by atomic mass is 19.4. The lowest BCUT2D eigenvalue weighted by Crippen LogP contribution is -2.30. The average molecular weight is 221 g/mol. The topological polar surface area (TPSA) is 43.8 Å². The molecule has 0 radical (unpaired) electrons. The van der Waals surface area contributed by atoms with Crippen molar-refractivity contribution in [3.63, 3.8) is 0 Å². The summed E-state index contributed by atoms with van der Waals surface area (Å²) in [5.41, 5.74) is 4.60. The van der Waals surface area contributed by atoms with E-state index in [1.165, 1.54) is 11.7 Å². The van der Waals surface area contributed by atoms with Gasteiger partial charge in [0.25, 0.3) is 0 Å². The van der Waals surface area contributed by atoms with Crippen LogP contribution in [-0.2, 0) is 18.6 Å². The lowest BCUT2D eigenvalue weighted by Gasteiger charge is -2.22. The number of aryl methyl sites for hydroxylation is 1. The number of rotatable bonds is 2. The number of halogens is 3. The van der Waals surface area contributed by atoms with E-state index in [4.69, 9.17) is 5.73 Å². The fourth-order valence-corrected chi connectivity index (χ4v) is 1.34. The lowest BCUT2D eigenvalue weighted by molar-refractivity contribution is -0.141. The first-order chi connectivity index (χ1) is 6.68. The maximum absolute atomic E-state index is 12.4. The van der Waals surface area contributed by atoms with Gasteiger partial charge in [-0.1, -0.05) is 13.8 Å². The largest absolute Gasteiger partial charge is 0.435 e. The van der Waals surface area contributed by atoms with Gasteiger partial charge < -0.3 is 5.73 Å². The SMILES string of the molecule is Cn1nc(C(F)(F)F)cc1C(C)(C)CN. The summed E-state index contributed by atoms with van der Waals surface area (Å²) >= 11 is 0. The Hall–Kier alpha value is -1.04. The molecule has 1 aromatic rings. The van der Waals surface area contributed by atoms with Crippen LogP contribution in [-0.4, -0.2) is 16.3 Å². The van der Waals surface area contributed by atoms with Gasteiger partial charge in [0, 0.05) is 24.7 Å². The summed E-state index contributed by atoms with van der Waals surface area (Å²) in [6, 6.07) is 1.05. The summed E-state index contributed by atoms with van der Waals surface area (Å²) < 4.78 is 38.3. The molecule has 0 aromatic carbocycles. The van der Waals surface area contributed by atoms with Crippen molar-refractivity contribution in [2.75, 3.05) is 6.54 Å². The molecule has 0 atom stereocenters. The predicted molar refractivity (Wildman–Crippen MR) is 50.3 cm³/mol. The zero-order valence-electron chi connectivity index (χ0n) is 8.89. The monoisotopic (exact) mass is 221 g/mol. The molecule has 6 heteroatoms. The van der Waals surface area contributed by atoms with E-state index < -0.39 is 17.3 Å². The molecule has 0 bridgehead atoms. The minimum Gasteiger partial charge on any atom is -0.330 e. The molecule has 0 saturated heterocycles. The first kappa shape index (κ1) is 12.0. The van der Waals surface area contributed by atoms with Crippen LogP contribution in [0.2, 0.25) is 0 Å². The molecule has 1 rings (SSSR count). The quantitative estimate of drug-likeness (QED) is 0.825. The number of hydrogen-bond acceptors (Lipinski definition) is 2. The minimum atomic E-state index is -4.40. The lowest BCUT2D eigenvalue weighted by atomic mass is 9.89. The number of hydrogen-bond donors (Lipinski definition) is 1. The molecule has 0 aliphatic carbocycles. The number of alkyl halides is 3. The third-order valence-corrected chi connectivity index (χ3v) is 2.37. The van der Waals surface area contributed by atoms with Crippen LogP contribution < -0.4 is 5.73 Å². The van der Waals surface area contributed by atoms with Gasteiger partial charge in [0.2, 0.25) is 0 Å². The maximum atomic E-state index is 12.4. The normalized spacial score (nSPS) is 13.3. The minimum absolute atomic E-state index is 0.268. The van der Waals surface area contributed by atoms with E-state index in [2.05, 4.69) is 5.10 Å². The van der Waals surface area contributed by atoms with Gasteiger partial charge in [0.1, 0.15) is 0 Å². The molecule has 0 aliphatic heterocycles. The molecule has 0 unspecified atom stereocenters. The molecule has 3 nitrogen and oxygen atoms in total. The highest BCUT2D eigenvalue weighted by Crippen LogP contribution is 2.31. The van der Waals surface area contributed by atoms with E-state index in [1.54, 1.807) is 13.8 Å². The Morgan fingerprint density at radius 1 is 1.40 bits per heavy atom. The molecule has 15 heavy (non-hydrogen) atoms. The van der Waals surface area contributed by atoms with Gasteiger partial charge >= 0.3 is 6.18 Å². The van der Waals surface area contributed by atoms with Crippen LogP contribution in [0, 0.1) is 0 Å². The second kappa shape index (κ2) is 3.52. The smallest absolute Gasteiger partial charge is 0.330 e. The van der Waals surface area contributed by atoms with E-state index in [9.17, 15) is 13.2 Å². The number of aromatic nitrogens is 2. The molecule has 0 saturated carbocycles. The highest BCUT2D eigenvalue weighted by molar-refractivity contribution is 5.21. The molecular weight excluding hydrogens is 207 g/mol. The van der Waals surface area contributed by atoms with Crippen molar-refractivity contribution in [2.45, 2.75) is 25.4 Å². The van der Waals surface area contributed by atoms with E-state index >= 15 is 0 Å². The zero-order chi connectivity index (χ0) is 11.9. The molecule has 0 spiro atoms. The fourth-order valence-electron chi connectivity index (χ4n) is 1.34. The molecule has 1 heterocycles. The summed E-state index contributed by atoms with van der Waals surface area (Å²) in [4.78, 5) is 0. The van der Waals surface area contributed by atoms with E-state index in [0.29, 0.717) is 5.69 Å². The van der Waals surface area contributed by atoms with Gasteiger partial charge in [-0.3, -0.25) is 4.68 Å². The summed E-state index contributed by atoms with van der Waals surface area (Å²) in [6.07, 6.45) is -4.40. The van der Waals surface area contributed by atoms with Gasteiger partial charge in [0.15, 0.2) is 5.69 Å². The molecule has 0 fully saturated rings. The molecule has 2 N–H and O–H groups in total. The molecule has 86 valence electrons. The molecular formula is C9H14F3N3. The van der Waals surface area contributed by atoms with E-state index in [0.717, 1.165) is 6.07 Å². The Morgan fingerprint density at radius 2 is 1.93 bits per heavy atom. The van der Waals surface area contributed by atoms with Gasteiger partial charge in [-0.05, 0) is 6.07 Å². The van der Waals surface area contributed by atoms with Crippen molar-refractivity contribution in [3.05, 3.63) is 17.5 Å². The van der Waals surface area contributed by atoms with E-state index in [-0.39, 0.29) is 6.54 Å². The predicted octanol–water partition coefficient (Wildman–Crippen LogP) is 1.68. The average Bonchev–Trinajstić information content (AvgIpc) is 2.47.